The molecule has 25 heavy (non-hydrogen) atoms. The SMILES string of the molecule is Nc1ncc2c(n1)CCN(Cc1ccc(-c3ccc(Cl)cc3Cl)o1)C2. The van der Waals surface area contributed by atoms with Crippen LogP contribution in [0.25, 0.3) is 11.3 Å². The largest absolute Gasteiger partial charge is 0.460 e. The summed E-state index contributed by atoms with van der Waals surface area (Å²) in [7, 11) is 0. The van der Waals surface area contributed by atoms with Crippen molar-refractivity contribution >= 4 is 29.2 Å². The van der Waals surface area contributed by atoms with Gasteiger partial charge in [-0.2, -0.15) is 0 Å². The number of hydrogen-bond acceptors (Lipinski definition) is 5. The maximum atomic E-state index is 6.26. The van der Waals surface area contributed by atoms with Crippen molar-refractivity contribution in [2.45, 2.75) is 19.5 Å². The maximum Gasteiger partial charge on any atom is 0.220 e. The van der Waals surface area contributed by atoms with Gasteiger partial charge in [0.15, 0.2) is 0 Å². The summed E-state index contributed by atoms with van der Waals surface area (Å²) in [5, 5.41) is 1.19. The van der Waals surface area contributed by atoms with Crippen molar-refractivity contribution in [3.63, 3.8) is 0 Å². The van der Waals surface area contributed by atoms with Gasteiger partial charge in [0.25, 0.3) is 0 Å². The number of halogens is 2. The topological polar surface area (TPSA) is 68.2 Å². The monoisotopic (exact) mass is 374 g/mol. The summed E-state index contributed by atoms with van der Waals surface area (Å²) in [5.41, 5.74) is 8.65. The summed E-state index contributed by atoms with van der Waals surface area (Å²) >= 11 is 12.2. The molecule has 1 aromatic carbocycles. The molecule has 0 aliphatic carbocycles. The smallest absolute Gasteiger partial charge is 0.220 e. The highest BCUT2D eigenvalue weighted by molar-refractivity contribution is 6.36. The third-order valence-corrected chi connectivity index (χ3v) is 4.82. The fourth-order valence-corrected chi connectivity index (χ4v) is 3.54. The Kier molecular flexibility index (Phi) is 4.37. The third-order valence-electron chi connectivity index (χ3n) is 4.27. The quantitative estimate of drug-likeness (QED) is 0.744. The Balaban J connectivity index is 1.49. The number of aromatic nitrogens is 2. The van der Waals surface area contributed by atoms with Crippen molar-refractivity contribution in [2.24, 2.45) is 0 Å². The molecule has 0 spiro atoms. The molecule has 7 heteroatoms. The van der Waals surface area contributed by atoms with E-state index in [-0.39, 0.29) is 0 Å². The Morgan fingerprint density at radius 1 is 1.20 bits per heavy atom. The van der Waals surface area contributed by atoms with Crippen LogP contribution >= 0.6 is 23.2 Å². The fraction of sp³-hybridized carbons (Fsp3) is 0.222. The zero-order valence-corrected chi connectivity index (χ0v) is 14.9. The first-order chi connectivity index (χ1) is 12.1. The molecule has 2 N–H and O–H groups in total. The summed E-state index contributed by atoms with van der Waals surface area (Å²) in [5.74, 6) is 1.97. The molecule has 2 aromatic heterocycles. The summed E-state index contributed by atoms with van der Waals surface area (Å²) in [6.07, 6.45) is 2.67. The second kappa shape index (κ2) is 6.67. The Bertz CT molecular complexity index is 925. The molecule has 1 aliphatic rings. The molecule has 0 fully saturated rings. The van der Waals surface area contributed by atoms with Gasteiger partial charge in [-0.3, -0.25) is 4.90 Å². The maximum absolute atomic E-state index is 6.26. The predicted molar refractivity (Wildman–Crippen MR) is 98.4 cm³/mol. The van der Waals surface area contributed by atoms with Crippen LogP contribution in [0.4, 0.5) is 5.95 Å². The lowest BCUT2D eigenvalue weighted by molar-refractivity contribution is 0.224. The molecule has 0 atom stereocenters. The van der Waals surface area contributed by atoms with Gasteiger partial charge in [0.05, 0.1) is 17.3 Å². The van der Waals surface area contributed by atoms with Gasteiger partial charge in [-0.25, -0.2) is 9.97 Å². The Hall–Kier alpha value is -2.08. The lowest BCUT2D eigenvalue weighted by Crippen LogP contribution is -2.30. The van der Waals surface area contributed by atoms with Gasteiger partial charge < -0.3 is 10.2 Å². The third kappa shape index (κ3) is 3.49. The highest BCUT2D eigenvalue weighted by Gasteiger charge is 2.19. The molecule has 3 aromatic rings. The molecule has 128 valence electrons. The van der Waals surface area contributed by atoms with Gasteiger partial charge in [0.2, 0.25) is 5.95 Å². The fourth-order valence-electron chi connectivity index (χ4n) is 3.04. The van der Waals surface area contributed by atoms with Gasteiger partial charge in [0, 0.05) is 41.9 Å². The number of nitrogen functional groups attached to an aromatic ring is 1. The number of hydrogen-bond donors (Lipinski definition) is 1. The molecule has 0 bridgehead atoms. The van der Waals surface area contributed by atoms with Crippen LogP contribution in [0.3, 0.4) is 0 Å². The van der Waals surface area contributed by atoms with Crippen molar-refractivity contribution in [1.82, 2.24) is 14.9 Å². The molecule has 5 nitrogen and oxygen atoms in total. The number of furan rings is 1. The van der Waals surface area contributed by atoms with Crippen LogP contribution in [0, 0.1) is 0 Å². The van der Waals surface area contributed by atoms with Crippen molar-refractivity contribution in [2.75, 3.05) is 12.3 Å². The highest BCUT2D eigenvalue weighted by Crippen LogP contribution is 2.32. The highest BCUT2D eigenvalue weighted by atomic mass is 35.5. The molecule has 0 saturated heterocycles. The Morgan fingerprint density at radius 2 is 2.08 bits per heavy atom. The van der Waals surface area contributed by atoms with Crippen molar-refractivity contribution in [1.29, 1.82) is 0 Å². The van der Waals surface area contributed by atoms with Crippen LogP contribution in [0.15, 0.2) is 40.9 Å². The van der Waals surface area contributed by atoms with E-state index >= 15 is 0 Å². The van der Waals surface area contributed by atoms with Crippen LogP contribution in [0.1, 0.15) is 17.0 Å². The van der Waals surface area contributed by atoms with E-state index in [0.717, 1.165) is 54.4 Å². The lowest BCUT2D eigenvalue weighted by Gasteiger charge is -2.26. The van der Waals surface area contributed by atoms with Gasteiger partial charge >= 0.3 is 0 Å². The number of nitrogens with zero attached hydrogens (tertiary/aromatic N) is 3. The van der Waals surface area contributed by atoms with Crippen LogP contribution in [-0.2, 0) is 19.5 Å². The van der Waals surface area contributed by atoms with Gasteiger partial charge in [-0.05, 0) is 30.3 Å². The van der Waals surface area contributed by atoms with E-state index in [4.69, 9.17) is 33.4 Å². The first-order valence-electron chi connectivity index (χ1n) is 7.95. The summed E-state index contributed by atoms with van der Waals surface area (Å²) in [6, 6.07) is 9.31. The van der Waals surface area contributed by atoms with E-state index in [1.165, 1.54) is 0 Å². The minimum absolute atomic E-state index is 0.336. The number of nitrogens with two attached hydrogens (primary N) is 1. The van der Waals surface area contributed by atoms with Crippen molar-refractivity contribution in [3.8, 4) is 11.3 Å². The molecular weight excluding hydrogens is 359 g/mol. The van der Waals surface area contributed by atoms with Crippen molar-refractivity contribution in [3.05, 3.63) is 63.6 Å². The van der Waals surface area contributed by atoms with Crippen LogP contribution in [0.5, 0.6) is 0 Å². The molecule has 4 rings (SSSR count). The molecule has 0 saturated carbocycles. The normalized spacial score (nSPS) is 14.5. The van der Waals surface area contributed by atoms with E-state index < -0.39 is 0 Å². The van der Waals surface area contributed by atoms with E-state index in [1.54, 1.807) is 12.1 Å². The van der Waals surface area contributed by atoms with Crippen molar-refractivity contribution < 1.29 is 4.42 Å². The van der Waals surface area contributed by atoms with Crippen LogP contribution in [0.2, 0.25) is 10.0 Å². The van der Waals surface area contributed by atoms with Crippen LogP contribution < -0.4 is 5.73 Å². The molecule has 0 amide bonds. The molecule has 0 unspecified atom stereocenters. The van der Waals surface area contributed by atoms with E-state index in [2.05, 4.69) is 14.9 Å². The number of rotatable bonds is 3. The zero-order chi connectivity index (χ0) is 17.4. The molecule has 1 aliphatic heterocycles. The molecular formula is C18H16Cl2N4O. The molecule has 3 heterocycles. The minimum atomic E-state index is 0.336. The number of benzene rings is 1. The standard InChI is InChI=1S/C18H16Cl2N4O/c19-12-1-3-14(15(20)7-12)17-4-2-13(25-17)10-24-6-5-16-11(9-24)8-22-18(21)23-16/h1-4,7-8H,5-6,9-10H2,(H2,21,22,23). The van der Waals surface area contributed by atoms with E-state index in [1.807, 2.05) is 24.4 Å². The summed E-state index contributed by atoms with van der Waals surface area (Å²) in [4.78, 5) is 10.7. The van der Waals surface area contributed by atoms with Gasteiger partial charge in [0.1, 0.15) is 11.5 Å². The number of fused-ring (bicyclic) bond motifs is 1. The average molecular weight is 375 g/mol. The second-order valence-corrected chi connectivity index (χ2v) is 6.89. The predicted octanol–water partition coefficient (Wildman–Crippen LogP) is 4.18. The first kappa shape index (κ1) is 16.4. The lowest BCUT2D eigenvalue weighted by atomic mass is 10.1. The molecule has 0 radical (unpaired) electrons. The van der Waals surface area contributed by atoms with Gasteiger partial charge in [-0.1, -0.05) is 23.2 Å². The second-order valence-electron chi connectivity index (χ2n) is 6.05. The van der Waals surface area contributed by atoms with Gasteiger partial charge in [-0.15, -0.1) is 0 Å². The zero-order valence-electron chi connectivity index (χ0n) is 13.4. The minimum Gasteiger partial charge on any atom is -0.460 e. The number of anilines is 1. The summed E-state index contributed by atoms with van der Waals surface area (Å²) in [6.45, 7) is 2.41. The Morgan fingerprint density at radius 3 is 2.92 bits per heavy atom. The van der Waals surface area contributed by atoms with E-state index in [0.29, 0.717) is 16.0 Å². The van der Waals surface area contributed by atoms with Crippen LogP contribution in [-0.4, -0.2) is 21.4 Å². The average Bonchev–Trinajstić information content (AvgIpc) is 3.03. The van der Waals surface area contributed by atoms with E-state index in [9.17, 15) is 0 Å². The Labute approximate surface area is 155 Å². The first-order valence-corrected chi connectivity index (χ1v) is 8.71. The summed E-state index contributed by atoms with van der Waals surface area (Å²) < 4.78 is 5.98.